The van der Waals surface area contributed by atoms with Crippen molar-refractivity contribution in [1.29, 1.82) is 0 Å². The summed E-state index contributed by atoms with van der Waals surface area (Å²) in [4.78, 5) is 3.71. The Hall–Kier alpha value is -1.15. The molecule has 2 aromatic rings. The van der Waals surface area contributed by atoms with E-state index in [0.29, 0.717) is 18.0 Å². The lowest BCUT2D eigenvalue weighted by atomic mass is 10.5. The quantitative estimate of drug-likeness (QED) is 0.837. The largest absolute Gasteiger partial charge is 0.435 e. The zero-order valence-corrected chi connectivity index (χ0v) is 9.10. The van der Waals surface area contributed by atoms with Gasteiger partial charge < -0.3 is 4.74 Å². The lowest BCUT2D eigenvalue weighted by molar-refractivity contribution is -0.140. The Bertz CT molecular complexity index is 459. The number of ether oxygens (including phenoxy) is 1. The van der Waals surface area contributed by atoms with Gasteiger partial charge in [-0.05, 0) is 0 Å². The highest BCUT2D eigenvalue weighted by molar-refractivity contribution is 7.16. The van der Waals surface area contributed by atoms with E-state index in [-0.39, 0.29) is 4.96 Å². The molecule has 4 nitrogen and oxygen atoms in total. The first-order valence-electron chi connectivity index (χ1n) is 4.42. The third-order valence-electron chi connectivity index (χ3n) is 1.90. The van der Waals surface area contributed by atoms with E-state index < -0.39 is 11.9 Å². The first-order chi connectivity index (χ1) is 7.50. The minimum atomic E-state index is -4.42. The minimum absolute atomic E-state index is 0.249. The third-order valence-corrected chi connectivity index (χ3v) is 2.88. The molecular formula is C8H8F3N3OS. The number of imidazole rings is 1. The van der Waals surface area contributed by atoms with Crippen LogP contribution < -0.4 is 0 Å². The average molecular weight is 251 g/mol. The summed E-state index contributed by atoms with van der Waals surface area (Å²) in [5.74, 6) is 0. The molecule has 0 aliphatic rings. The predicted molar refractivity (Wildman–Crippen MR) is 51.4 cm³/mol. The summed E-state index contributed by atoms with van der Waals surface area (Å²) in [6.45, 7) is 0.489. The molecule has 0 spiro atoms. The van der Waals surface area contributed by atoms with Crippen molar-refractivity contribution in [2.75, 3.05) is 13.7 Å². The maximum atomic E-state index is 12.3. The maximum absolute atomic E-state index is 12.3. The van der Waals surface area contributed by atoms with Crippen LogP contribution in [0.1, 0.15) is 10.7 Å². The summed E-state index contributed by atoms with van der Waals surface area (Å²) in [6.07, 6.45) is -2.95. The molecule has 0 atom stereocenters. The normalized spacial score (nSPS) is 12.5. The molecule has 2 aromatic heterocycles. The standard InChI is InChI=1S/C8H8F3N3OS/c1-15-3-2-6-13-14-4-5(8(9,10)11)12-7(14)16-6/h4H,2-3H2,1H3. The fourth-order valence-electron chi connectivity index (χ4n) is 1.17. The van der Waals surface area contributed by atoms with Gasteiger partial charge in [-0.25, -0.2) is 9.50 Å². The van der Waals surface area contributed by atoms with Crippen LogP contribution in [0.3, 0.4) is 0 Å². The second-order valence-electron chi connectivity index (χ2n) is 3.09. The number of hydrogen-bond donors (Lipinski definition) is 0. The van der Waals surface area contributed by atoms with E-state index in [9.17, 15) is 13.2 Å². The van der Waals surface area contributed by atoms with Gasteiger partial charge in [-0.15, -0.1) is 0 Å². The lowest BCUT2D eigenvalue weighted by Crippen LogP contribution is -2.05. The highest BCUT2D eigenvalue weighted by Crippen LogP contribution is 2.29. The van der Waals surface area contributed by atoms with Gasteiger partial charge in [-0.2, -0.15) is 18.3 Å². The fraction of sp³-hybridized carbons (Fsp3) is 0.500. The number of alkyl halides is 3. The molecule has 8 heteroatoms. The van der Waals surface area contributed by atoms with Crippen LogP contribution in [-0.4, -0.2) is 28.3 Å². The molecule has 0 aliphatic carbocycles. The SMILES string of the molecule is COCCc1nn2cc(C(F)(F)F)nc2s1. The molecule has 0 aromatic carbocycles. The first kappa shape index (κ1) is 11.3. The molecule has 0 N–H and O–H groups in total. The van der Waals surface area contributed by atoms with Gasteiger partial charge in [0.1, 0.15) is 5.01 Å². The Morgan fingerprint density at radius 3 is 2.81 bits per heavy atom. The van der Waals surface area contributed by atoms with Crippen LogP contribution in [-0.2, 0) is 17.3 Å². The fourth-order valence-corrected chi connectivity index (χ4v) is 2.02. The number of methoxy groups -OCH3 is 1. The van der Waals surface area contributed by atoms with Crippen LogP contribution in [0, 0.1) is 0 Å². The van der Waals surface area contributed by atoms with E-state index in [4.69, 9.17) is 4.74 Å². The average Bonchev–Trinajstić information content (AvgIpc) is 2.69. The summed E-state index contributed by atoms with van der Waals surface area (Å²) in [5.41, 5.74) is -0.912. The molecule has 0 saturated heterocycles. The molecule has 0 fully saturated rings. The van der Waals surface area contributed by atoms with Crippen LogP contribution in [0.15, 0.2) is 6.20 Å². The molecule has 0 saturated carbocycles. The van der Waals surface area contributed by atoms with E-state index in [2.05, 4.69) is 10.1 Å². The second-order valence-corrected chi connectivity index (χ2v) is 4.13. The summed E-state index contributed by atoms with van der Waals surface area (Å²) in [7, 11) is 1.56. The lowest BCUT2D eigenvalue weighted by Gasteiger charge is -1.98. The molecule has 0 amide bonds. The van der Waals surface area contributed by atoms with Crippen LogP contribution in [0.4, 0.5) is 13.2 Å². The maximum Gasteiger partial charge on any atom is 0.435 e. The molecule has 2 rings (SSSR count). The second kappa shape index (κ2) is 4.02. The molecule has 2 heterocycles. The smallest absolute Gasteiger partial charge is 0.384 e. The molecule has 0 radical (unpaired) electrons. The summed E-state index contributed by atoms with van der Waals surface area (Å²) in [5, 5.41) is 4.68. The van der Waals surface area contributed by atoms with E-state index >= 15 is 0 Å². The van der Waals surface area contributed by atoms with E-state index in [1.165, 1.54) is 0 Å². The van der Waals surface area contributed by atoms with Gasteiger partial charge in [0.05, 0.1) is 12.8 Å². The van der Waals surface area contributed by atoms with Gasteiger partial charge in [-0.3, -0.25) is 0 Å². The van der Waals surface area contributed by atoms with Gasteiger partial charge in [0, 0.05) is 13.5 Å². The van der Waals surface area contributed by atoms with Gasteiger partial charge in [0.15, 0.2) is 5.69 Å². The number of halogens is 3. The Labute approximate surface area is 92.7 Å². The van der Waals surface area contributed by atoms with Crippen molar-refractivity contribution in [2.45, 2.75) is 12.6 Å². The number of rotatable bonds is 3. The van der Waals surface area contributed by atoms with Crippen LogP contribution in [0.2, 0.25) is 0 Å². The third kappa shape index (κ3) is 2.17. The van der Waals surface area contributed by atoms with Crippen molar-refractivity contribution in [3.8, 4) is 0 Å². The zero-order valence-electron chi connectivity index (χ0n) is 8.28. The molecule has 0 aliphatic heterocycles. The molecule has 88 valence electrons. The van der Waals surface area contributed by atoms with Gasteiger partial charge in [0.25, 0.3) is 0 Å². The number of hydrogen-bond acceptors (Lipinski definition) is 4. The van der Waals surface area contributed by atoms with Crippen LogP contribution in [0.5, 0.6) is 0 Å². The molecular weight excluding hydrogens is 243 g/mol. The van der Waals surface area contributed by atoms with E-state index in [1.54, 1.807) is 7.11 Å². The molecule has 0 unspecified atom stereocenters. The Kier molecular flexibility index (Phi) is 2.85. The Morgan fingerprint density at radius 2 is 2.25 bits per heavy atom. The van der Waals surface area contributed by atoms with Crippen molar-refractivity contribution in [3.05, 3.63) is 16.9 Å². The van der Waals surface area contributed by atoms with Gasteiger partial charge >= 0.3 is 6.18 Å². The minimum Gasteiger partial charge on any atom is -0.384 e. The van der Waals surface area contributed by atoms with Crippen molar-refractivity contribution in [2.24, 2.45) is 0 Å². The first-order valence-corrected chi connectivity index (χ1v) is 5.23. The van der Waals surface area contributed by atoms with Crippen molar-refractivity contribution in [1.82, 2.24) is 14.6 Å². The summed E-state index contributed by atoms with van der Waals surface area (Å²) >= 11 is 1.13. The van der Waals surface area contributed by atoms with Crippen molar-refractivity contribution in [3.63, 3.8) is 0 Å². The van der Waals surface area contributed by atoms with E-state index in [1.807, 2.05) is 0 Å². The monoisotopic (exact) mass is 251 g/mol. The zero-order chi connectivity index (χ0) is 11.8. The Balaban J connectivity index is 2.26. The van der Waals surface area contributed by atoms with Gasteiger partial charge in [-0.1, -0.05) is 11.3 Å². The van der Waals surface area contributed by atoms with Gasteiger partial charge in [0.2, 0.25) is 4.96 Å². The highest BCUT2D eigenvalue weighted by Gasteiger charge is 2.34. The van der Waals surface area contributed by atoms with Crippen LogP contribution >= 0.6 is 11.3 Å². The summed E-state index contributed by atoms with van der Waals surface area (Å²) in [6, 6.07) is 0. The molecule has 16 heavy (non-hydrogen) atoms. The number of aromatic nitrogens is 3. The van der Waals surface area contributed by atoms with Crippen molar-refractivity contribution < 1.29 is 17.9 Å². The summed E-state index contributed by atoms with van der Waals surface area (Å²) < 4.78 is 42.9. The highest BCUT2D eigenvalue weighted by atomic mass is 32.1. The molecule has 0 bridgehead atoms. The number of nitrogens with zero attached hydrogens (tertiary/aromatic N) is 3. The van der Waals surface area contributed by atoms with Crippen molar-refractivity contribution >= 4 is 16.3 Å². The Morgan fingerprint density at radius 1 is 1.50 bits per heavy atom. The topological polar surface area (TPSA) is 39.4 Å². The number of fused-ring (bicyclic) bond motifs is 1. The predicted octanol–water partition coefficient (Wildman–Crippen LogP) is 2.00. The van der Waals surface area contributed by atoms with Crippen LogP contribution in [0.25, 0.3) is 4.96 Å². The van der Waals surface area contributed by atoms with E-state index in [0.717, 1.165) is 22.0 Å².